The number of aliphatic carboxylic acids is 1. The van der Waals surface area contributed by atoms with Crippen LogP contribution < -0.4 is 0 Å². The number of carbonyl (C=O) groups is 2. The van der Waals surface area contributed by atoms with E-state index in [-0.39, 0.29) is 12.4 Å². The van der Waals surface area contributed by atoms with Gasteiger partial charge < -0.3 is 9.84 Å². The Labute approximate surface area is 93.9 Å². The highest BCUT2D eigenvalue weighted by molar-refractivity contribution is 5.97. The van der Waals surface area contributed by atoms with Gasteiger partial charge in [-0.1, -0.05) is 31.2 Å². The molecular weight excluding hydrogens is 208 g/mol. The van der Waals surface area contributed by atoms with Crippen molar-refractivity contribution in [3.8, 4) is 0 Å². The van der Waals surface area contributed by atoms with Gasteiger partial charge in [-0.05, 0) is 12.0 Å². The summed E-state index contributed by atoms with van der Waals surface area (Å²) in [6.45, 7) is 1.39. The summed E-state index contributed by atoms with van der Waals surface area (Å²) in [5.74, 6) is -1.28. The van der Waals surface area contributed by atoms with Gasteiger partial charge in [0.25, 0.3) is 0 Å². The average Bonchev–Trinajstić information content (AvgIpc) is 2.28. The Kier molecular flexibility index (Phi) is 4.66. The van der Waals surface area contributed by atoms with Crippen LogP contribution in [0, 0.1) is 0 Å². The fourth-order valence-electron chi connectivity index (χ4n) is 1.24. The Hall–Kier alpha value is -1.68. The minimum absolute atomic E-state index is 0.197. The van der Waals surface area contributed by atoms with Crippen molar-refractivity contribution in [3.05, 3.63) is 35.4 Å². The molecule has 86 valence electrons. The fourth-order valence-corrected chi connectivity index (χ4v) is 1.24. The summed E-state index contributed by atoms with van der Waals surface area (Å²) in [5, 5.41) is 8.33. The molecule has 1 rings (SSSR count). The third kappa shape index (κ3) is 3.82. The van der Waals surface area contributed by atoms with Crippen LogP contribution in [-0.4, -0.2) is 30.1 Å². The average molecular weight is 222 g/mol. The molecule has 0 aromatic heterocycles. The molecule has 4 nitrogen and oxygen atoms in total. The number of rotatable bonds is 6. The van der Waals surface area contributed by atoms with Crippen molar-refractivity contribution in [2.75, 3.05) is 13.2 Å². The Balaban J connectivity index is 2.49. The lowest BCUT2D eigenvalue weighted by atomic mass is 10.1. The van der Waals surface area contributed by atoms with Crippen molar-refractivity contribution in [1.29, 1.82) is 0 Å². The predicted octanol–water partition coefficient (Wildman–Crippen LogP) is 1.53. The number of hydrogen-bond acceptors (Lipinski definition) is 3. The van der Waals surface area contributed by atoms with E-state index in [0.717, 1.165) is 12.0 Å². The number of ketones is 1. The molecule has 0 saturated carbocycles. The zero-order valence-corrected chi connectivity index (χ0v) is 9.10. The van der Waals surface area contributed by atoms with Crippen LogP contribution in [0.15, 0.2) is 24.3 Å². The van der Waals surface area contributed by atoms with E-state index in [0.29, 0.717) is 5.56 Å². The minimum atomic E-state index is -1.07. The van der Waals surface area contributed by atoms with Gasteiger partial charge in [-0.15, -0.1) is 0 Å². The summed E-state index contributed by atoms with van der Waals surface area (Å²) in [4.78, 5) is 21.7. The summed E-state index contributed by atoms with van der Waals surface area (Å²) < 4.78 is 4.72. The van der Waals surface area contributed by atoms with E-state index in [9.17, 15) is 9.59 Å². The quantitative estimate of drug-likeness (QED) is 0.741. The Morgan fingerprint density at radius 1 is 1.19 bits per heavy atom. The van der Waals surface area contributed by atoms with Crippen LogP contribution in [0.1, 0.15) is 22.8 Å². The number of benzene rings is 1. The zero-order chi connectivity index (χ0) is 12.0. The molecular formula is C12H14O4. The first-order chi connectivity index (χ1) is 7.63. The first kappa shape index (κ1) is 12.4. The first-order valence-electron chi connectivity index (χ1n) is 5.05. The molecule has 0 atom stereocenters. The zero-order valence-electron chi connectivity index (χ0n) is 9.10. The van der Waals surface area contributed by atoms with E-state index in [4.69, 9.17) is 9.84 Å². The van der Waals surface area contributed by atoms with Crippen LogP contribution in [-0.2, 0) is 16.0 Å². The minimum Gasteiger partial charge on any atom is -0.480 e. The van der Waals surface area contributed by atoms with E-state index >= 15 is 0 Å². The lowest BCUT2D eigenvalue weighted by Gasteiger charge is -2.02. The summed E-state index contributed by atoms with van der Waals surface area (Å²) in [5.41, 5.74) is 1.70. The smallest absolute Gasteiger partial charge is 0.329 e. The lowest BCUT2D eigenvalue weighted by molar-refractivity contribution is -0.141. The molecule has 1 aromatic carbocycles. The number of carboxylic acid groups (broad SMARTS) is 1. The fraction of sp³-hybridized carbons (Fsp3) is 0.333. The molecule has 4 heteroatoms. The Bertz CT molecular complexity index is 367. The summed E-state index contributed by atoms with van der Waals surface area (Å²) >= 11 is 0. The molecule has 0 bridgehead atoms. The van der Waals surface area contributed by atoms with Crippen molar-refractivity contribution >= 4 is 11.8 Å². The van der Waals surface area contributed by atoms with Gasteiger partial charge in [0.1, 0.15) is 13.2 Å². The number of ether oxygens (including phenoxy) is 1. The van der Waals surface area contributed by atoms with Crippen LogP contribution >= 0.6 is 0 Å². The standard InChI is InChI=1S/C12H14O4/c1-2-9-3-5-10(6-4-9)11(13)7-16-8-12(14)15/h3-6H,2,7-8H2,1H3,(H,14,15). The second kappa shape index (κ2) is 6.02. The van der Waals surface area contributed by atoms with Gasteiger partial charge in [-0.25, -0.2) is 4.79 Å². The summed E-state index contributed by atoms with van der Waals surface area (Å²) in [7, 11) is 0. The van der Waals surface area contributed by atoms with Crippen LogP contribution in [0.2, 0.25) is 0 Å². The highest BCUT2D eigenvalue weighted by Gasteiger charge is 2.06. The largest absolute Gasteiger partial charge is 0.480 e. The normalized spacial score (nSPS) is 10.1. The van der Waals surface area contributed by atoms with Crippen LogP contribution in [0.5, 0.6) is 0 Å². The Morgan fingerprint density at radius 3 is 2.31 bits per heavy atom. The van der Waals surface area contributed by atoms with Gasteiger partial charge in [0.2, 0.25) is 0 Å². The van der Waals surface area contributed by atoms with Gasteiger partial charge in [-0.3, -0.25) is 4.79 Å². The molecule has 0 saturated heterocycles. The molecule has 1 aromatic rings. The van der Waals surface area contributed by atoms with Gasteiger partial charge in [-0.2, -0.15) is 0 Å². The highest BCUT2D eigenvalue weighted by atomic mass is 16.5. The van der Waals surface area contributed by atoms with Crippen molar-refractivity contribution in [2.45, 2.75) is 13.3 Å². The van der Waals surface area contributed by atoms with Gasteiger partial charge >= 0.3 is 5.97 Å². The maximum atomic E-state index is 11.5. The molecule has 0 radical (unpaired) electrons. The number of Topliss-reactive ketones (excluding diaryl/α,β-unsaturated/α-hetero) is 1. The van der Waals surface area contributed by atoms with Gasteiger partial charge in [0.15, 0.2) is 5.78 Å². The molecule has 0 heterocycles. The van der Waals surface area contributed by atoms with Crippen LogP contribution in [0.25, 0.3) is 0 Å². The monoisotopic (exact) mass is 222 g/mol. The molecule has 0 aliphatic carbocycles. The summed E-state index contributed by atoms with van der Waals surface area (Å²) in [6.07, 6.45) is 0.921. The third-order valence-corrected chi connectivity index (χ3v) is 2.14. The number of carboxylic acids is 1. The molecule has 0 spiro atoms. The van der Waals surface area contributed by atoms with Gasteiger partial charge in [0.05, 0.1) is 0 Å². The second-order valence-corrected chi connectivity index (χ2v) is 3.36. The SMILES string of the molecule is CCc1ccc(C(=O)COCC(=O)O)cc1. The van der Waals surface area contributed by atoms with Crippen molar-refractivity contribution < 1.29 is 19.4 Å². The maximum absolute atomic E-state index is 11.5. The highest BCUT2D eigenvalue weighted by Crippen LogP contribution is 2.06. The molecule has 16 heavy (non-hydrogen) atoms. The first-order valence-corrected chi connectivity index (χ1v) is 5.05. The molecule has 0 fully saturated rings. The predicted molar refractivity (Wildman–Crippen MR) is 58.6 cm³/mol. The van der Waals surface area contributed by atoms with Crippen LogP contribution in [0.3, 0.4) is 0 Å². The third-order valence-electron chi connectivity index (χ3n) is 2.14. The molecule has 0 unspecified atom stereocenters. The molecule has 1 N–H and O–H groups in total. The van der Waals surface area contributed by atoms with E-state index in [1.807, 2.05) is 19.1 Å². The van der Waals surface area contributed by atoms with E-state index in [1.165, 1.54) is 0 Å². The van der Waals surface area contributed by atoms with Gasteiger partial charge in [0, 0.05) is 5.56 Å². The maximum Gasteiger partial charge on any atom is 0.329 e. The second-order valence-electron chi connectivity index (χ2n) is 3.36. The van der Waals surface area contributed by atoms with Crippen LogP contribution in [0.4, 0.5) is 0 Å². The number of carbonyl (C=O) groups excluding carboxylic acids is 1. The molecule has 0 amide bonds. The van der Waals surface area contributed by atoms with E-state index in [2.05, 4.69) is 0 Å². The van der Waals surface area contributed by atoms with Crippen molar-refractivity contribution in [1.82, 2.24) is 0 Å². The lowest BCUT2D eigenvalue weighted by Crippen LogP contribution is -2.14. The van der Waals surface area contributed by atoms with Crippen molar-refractivity contribution in [3.63, 3.8) is 0 Å². The van der Waals surface area contributed by atoms with E-state index in [1.54, 1.807) is 12.1 Å². The topological polar surface area (TPSA) is 63.6 Å². The van der Waals surface area contributed by atoms with Crippen molar-refractivity contribution in [2.24, 2.45) is 0 Å². The number of aryl methyl sites for hydroxylation is 1. The Morgan fingerprint density at radius 2 is 1.81 bits per heavy atom. The summed E-state index contributed by atoms with van der Waals surface area (Å²) in [6, 6.07) is 7.21. The number of hydrogen-bond donors (Lipinski definition) is 1. The molecule has 0 aliphatic rings. The van der Waals surface area contributed by atoms with E-state index < -0.39 is 12.6 Å². The molecule has 0 aliphatic heterocycles.